The second kappa shape index (κ2) is 4.84. The van der Waals surface area contributed by atoms with Gasteiger partial charge in [-0.2, -0.15) is 5.26 Å². The molecule has 0 aliphatic carbocycles. The second-order valence-electron chi connectivity index (χ2n) is 4.62. The number of nitrogens with zero attached hydrogens (tertiary/aromatic N) is 2. The highest BCUT2D eigenvalue weighted by Crippen LogP contribution is 2.34. The largest absolute Gasteiger partial charge is 0.496 e. The van der Waals surface area contributed by atoms with E-state index in [-0.39, 0.29) is 0 Å². The molecule has 5 nitrogen and oxygen atoms in total. The first-order valence-corrected chi connectivity index (χ1v) is 6.32. The molecule has 5 heteroatoms. The van der Waals surface area contributed by atoms with E-state index in [0.717, 1.165) is 16.6 Å². The fourth-order valence-corrected chi connectivity index (χ4v) is 2.36. The van der Waals surface area contributed by atoms with Crippen molar-refractivity contribution in [2.45, 2.75) is 0 Å². The zero-order chi connectivity index (χ0) is 15.0. The fourth-order valence-electron chi connectivity index (χ4n) is 2.36. The Morgan fingerprint density at radius 2 is 2.05 bits per heavy atom. The van der Waals surface area contributed by atoms with E-state index in [2.05, 4.69) is 6.07 Å². The highest BCUT2D eigenvalue weighted by atomic mass is 16.5. The maximum Gasteiger partial charge on any atom is 0.336 e. The normalized spacial score (nSPS) is 10.5. The third-order valence-corrected chi connectivity index (χ3v) is 3.45. The molecule has 0 aliphatic heterocycles. The molecule has 21 heavy (non-hydrogen) atoms. The lowest BCUT2D eigenvalue weighted by atomic mass is 10.1. The van der Waals surface area contributed by atoms with Crippen LogP contribution in [0.5, 0.6) is 5.75 Å². The van der Waals surface area contributed by atoms with Gasteiger partial charge in [-0.3, -0.25) is 0 Å². The van der Waals surface area contributed by atoms with E-state index in [4.69, 9.17) is 14.4 Å². The summed E-state index contributed by atoms with van der Waals surface area (Å²) in [6.07, 6.45) is 0. The Hall–Kier alpha value is -3.00. The predicted molar refractivity (Wildman–Crippen MR) is 78.2 cm³/mol. The van der Waals surface area contributed by atoms with Gasteiger partial charge in [0.05, 0.1) is 12.8 Å². The van der Waals surface area contributed by atoms with Gasteiger partial charge in [0.25, 0.3) is 0 Å². The van der Waals surface area contributed by atoms with E-state index in [9.17, 15) is 4.79 Å². The molecule has 3 aromatic rings. The highest BCUT2D eigenvalue weighted by Gasteiger charge is 2.13. The van der Waals surface area contributed by atoms with Gasteiger partial charge < -0.3 is 13.7 Å². The molecule has 104 valence electrons. The zero-order valence-electron chi connectivity index (χ0n) is 11.6. The van der Waals surface area contributed by atoms with Crippen LogP contribution in [0.4, 0.5) is 0 Å². The van der Waals surface area contributed by atoms with Crippen molar-refractivity contribution < 1.29 is 9.15 Å². The number of rotatable bonds is 2. The summed E-state index contributed by atoms with van der Waals surface area (Å²) in [5.41, 5.74) is 2.33. The molecule has 0 radical (unpaired) electrons. The van der Waals surface area contributed by atoms with Crippen molar-refractivity contribution in [3.8, 4) is 23.1 Å². The summed E-state index contributed by atoms with van der Waals surface area (Å²) in [4.78, 5) is 11.3. The van der Waals surface area contributed by atoms with Gasteiger partial charge in [0.1, 0.15) is 23.1 Å². The number of ether oxygens (including phenoxy) is 1. The minimum atomic E-state index is -0.400. The molecule has 0 aliphatic rings. The maximum atomic E-state index is 11.3. The van der Waals surface area contributed by atoms with Crippen LogP contribution in [-0.4, -0.2) is 11.7 Å². The van der Waals surface area contributed by atoms with Crippen LogP contribution in [-0.2, 0) is 7.05 Å². The lowest BCUT2D eigenvalue weighted by Crippen LogP contribution is -1.98. The topological polar surface area (TPSA) is 68.2 Å². The Bertz CT molecular complexity index is 929. The van der Waals surface area contributed by atoms with Crippen LogP contribution in [0, 0.1) is 11.3 Å². The molecule has 1 aromatic carbocycles. The minimum absolute atomic E-state index is 0.400. The van der Waals surface area contributed by atoms with Crippen molar-refractivity contribution >= 4 is 11.0 Å². The summed E-state index contributed by atoms with van der Waals surface area (Å²) in [6, 6.07) is 12.4. The first-order valence-electron chi connectivity index (χ1n) is 6.32. The Kier molecular flexibility index (Phi) is 2.99. The summed E-state index contributed by atoms with van der Waals surface area (Å²) in [5, 5.41) is 9.85. The van der Waals surface area contributed by atoms with Crippen molar-refractivity contribution in [3.63, 3.8) is 0 Å². The maximum absolute atomic E-state index is 11.3. The van der Waals surface area contributed by atoms with E-state index in [1.54, 1.807) is 29.9 Å². The summed E-state index contributed by atoms with van der Waals surface area (Å²) < 4.78 is 12.3. The molecule has 0 N–H and O–H groups in total. The van der Waals surface area contributed by atoms with Crippen LogP contribution >= 0.6 is 0 Å². The van der Waals surface area contributed by atoms with Gasteiger partial charge in [-0.05, 0) is 24.3 Å². The number of aromatic nitrogens is 1. The molecule has 0 saturated heterocycles. The van der Waals surface area contributed by atoms with E-state index >= 15 is 0 Å². The molecule has 2 heterocycles. The van der Waals surface area contributed by atoms with Gasteiger partial charge in [0, 0.05) is 30.1 Å². The van der Waals surface area contributed by atoms with Crippen LogP contribution in [0.15, 0.2) is 45.6 Å². The van der Waals surface area contributed by atoms with Gasteiger partial charge in [-0.25, -0.2) is 4.79 Å². The van der Waals surface area contributed by atoms with Gasteiger partial charge in [-0.1, -0.05) is 0 Å². The number of nitriles is 1. The molecule has 0 bridgehead atoms. The Labute approximate surface area is 120 Å². The molecule has 0 saturated carbocycles. The molecule has 0 atom stereocenters. The van der Waals surface area contributed by atoms with Crippen LogP contribution < -0.4 is 10.4 Å². The summed E-state index contributed by atoms with van der Waals surface area (Å²) >= 11 is 0. The molecular formula is C16H12N2O3. The molecule has 0 fully saturated rings. The Morgan fingerprint density at radius 1 is 1.24 bits per heavy atom. The standard InChI is InChI=1S/C16H12N2O3/c1-18-11(9-17)4-5-13(18)12-7-10-3-6-16(19)21-14(10)8-15(12)20-2/h3-8H,1-2H3. The molecule has 0 spiro atoms. The minimum Gasteiger partial charge on any atom is -0.496 e. The first kappa shape index (κ1) is 13.0. The van der Waals surface area contributed by atoms with E-state index < -0.39 is 5.63 Å². The summed E-state index contributed by atoms with van der Waals surface area (Å²) in [6.45, 7) is 0. The van der Waals surface area contributed by atoms with Crippen molar-refractivity contribution in [2.75, 3.05) is 7.11 Å². The van der Waals surface area contributed by atoms with E-state index in [1.807, 2.05) is 19.2 Å². The number of benzene rings is 1. The number of methoxy groups -OCH3 is 1. The quantitative estimate of drug-likeness (QED) is 0.677. The monoisotopic (exact) mass is 280 g/mol. The lowest BCUT2D eigenvalue weighted by molar-refractivity contribution is 0.415. The van der Waals surface area contributed by atoms with E-state index in [0.29, 0.717) is 17.0 Å². The van der Waals surface area contributed by atoms with E-state index in [1.165, 1.54) is 6.07 Å². The number of hydrogen-bond donors (Lipinski definition) is 0. The molecular weight excluding hydrogens is 268 g/mol. The molecule has 3 rings (SSSR count). The third kappa shape index (κ3) is 2.07. The summed E-state index contributed by atoms with van der Waals surface area (Å²) in [7, 11) is 3.38. The SMILES string of the molecule is COc1cc2oc(=O)ccc2cc1-c1ccc(C#N)n1C. The average Bonchev–Trinajstić information content (AvgIpc) is 2.86. The average molecular weight is 280 g/mol. The van der Waals surface area contributed by atoms with Crippen LogP contribution in [0.1, 0.15) is 5.69 Å². The third-order valence-electron chi connectivity index (χ3n) is 3.45. The van der Waals surface area contributed by atoms with Crippen LogP contribution in [0.2, 0.25) is 0 Å². The smallest absolute Gasteiger partial charge is 0.336 e. The van der Waals surface area contributed by atoms with Gasteiger partial charge in [-0.15, -0.1) is 0 Å². The second-order valence-corrected chi connectivity index (χ2v) is 4.62. The van der Waals surface area contributed by atoms with Gasteiger partial charge >= 0.3 is 5.63 Å². The number of fused-ring (bicyclic) bond motifs is 1. The zero-order valence-corrected chi connectivity index (χ0v) is 11.6. The molecule has 2 aromatic heterocycles. The lowest BCUT2D eigenvalue weighted by Gasteiger charge is -2.11. The summed E-state index contributed by atoms with van der Waals surface area (Å²) in [5.74, 6) is 0.586. The predicted octanol–water partition coefficient (Wildman–Crippen LogP) is 2.68. The van der Waals surface area contributed by atoms with Crippen LogP contribution in [0.25, 0.3) is 22.2 Å². The van der Waals surface area contributed by atoms with Crippen molar-refractivity contribution in [1.82, 2.24) is 4.57 Å². The van der Waals surface area contributed by atoms with Crippen LogP contribution in [0.3, 0.4) is 0 Å². The molecule has 0 amide bonds. The van der Waals surface area contributed by atoms with Crippen molar-refractivity contribution in [1.29, 1.82) is 5.26 Å². The van der Waals surface area contributed by atoms with Gasteiger partial charge in [0.15, 0.2) is 0 Å². The number of hydrogen-bond acceptors (Lipinski definition) is 4. The van der Waals surface area contributed by atoms with Crippen molar-refractivity contribution in [3.05, 3.63) is 52.5 Å². The van der Waals surface area contributed by atoms with Gasteiger partial charge in [0.2, 0.25) is 0 Å². The van der Waals surface area contributed by atoms with Crippen molar-refractivity contribution in [2.24, 2.45) is 7.05 Å². The molecule has 0 unspecified atom stereocenters. The fraction of sp³-hybridized carbons (Fsp3) is 0.125. The first-order chi connectivity index (χ1) is 10.1. The Morgan fingerprint density at radius 3 is 2.71 bits per heavy atom. The Balaban J connectivity index is 2.31. The highest BCUT2D eigenvalue weighted by molar-refractivity contribution is 5.86.